The molecule has 0 aromatic heterocycles. The highest BCUT2D eigenvalue weighted by Gasteiger charge is 2.39. The molecule has 2 aliphatic rings. The van der Waals surface area contributed by atoms with Crippen molar-refractivity contribution in [3.8, 4) is 12.3 Å². The molecule has 0 spiro atoms. The van der Waals surface area contributed by atoms with Crippen molar-refractivity contribution >= 4 is 17.3 Å². The number of rotatable bonds is 7. The Morgan fingerprint density at radius 3 is 2.67 bits per heavy atom. The molecule has 0 aliphatic carbocycles. The molecule has 27 heavy (non-hydrogen) atoms. The number of ether oxygens (including phenoxy) is 1. The van der Waals surface area contributed by atoms with Crippen molar-refractivity contribution in [3.05, 3.63) is 24.0 Å². The summed E-state index contributed by atoms with van der Waals surface area (Å²) in [6.07, 6.45) is 7.38. The molecule has 2 unspecified atom stereocenters. The smallest absolute Gasteiger partial charge is 0.224 e. The summed E-state index contributed by atoms with van der Waals surface area (Å²) in [5.41, 5.74) is 0.486. The highest BCUT2D eigenvalue weighted by Crippen LogP contribution is 2.37. The Labute approximate surface area is 159 Å². The highest BCUT2D eigenvalue weighted by atomic mass is 19.1. The maximum absolute atomic E-state index is 14.6. The molecular weight excluding hydrogens is 347 g/mol. The van der Waals surface area contributed by atoms with E-state index in [4.69, 9.17) is 11.2 Å². The Morgan fingerprint density at radius 1 is 1.37 bits per heavy atom. The number of terminal acetylenes is 1. The van der Waals surface area contributed by atoms with E-state index in [0.29, 0.717) is 43.7 Å². The van der Waals surface area contributed by atoms with Crippen molar-refractivity contribution < 1.29 is 13.9 Å². The summed E-state index contributed by atoms with van der Waals surface area (Å²) in [5.74, 6) is 2.02. The molecule has 144 valence electrons. The zero-order valence-corrected chi connectivity index (χ0v) is 15.7. The molecule has 1 fully saturated rings. The molecule has 1 amide bonds. The van der Waals surface area contributed by atoms with Crippen LogP contribution >= 0.6 is 0 Å². The van der Waals surface area contributed by atoms with Crippen LogP contribution in [0.25, 0.3) is 0 Å². The van der Waals surface area contributed by atoms with Crippen LogP contribution in [-0.2, 0) is 9.53 Å². The Balaban J connectivity index is 1.54. The standard InChI is InChI=1S/C20H25FN4O2/c1-4-5-9-20(23-24-20)10-8-19(26)22-16-6-7-18(17(21)11-16)25-12-14(2)27-15(3)13-25/h1,6-7,11,14-15H,5,8-10,12-13H2,2-3H3,(H,22,26). The van der Waals surface area contributed by atoms with Crippen LogP contribution in [0.5, 0.6) is 0 Å². The predicted molar refractivity (Wildman–Crippen MR) is 102 cm³/mol. The van der Waals surface area contributed by atoms with Gasteiger partial charge < -0.3 is 15.0 Å². The largest absolute Gasteiger partial charge is 0.372 e. The Morgan fingerprint density at radius 2 is 2.07 bits per heavy atom. The van der Waals surface area contributed by atoms with E-state index in [1.54, 1.807) is 12.1 Å². The third kappa shape index (κ3) is 5.04. The van der Waals surface area contributed by atoms with Crippen molar-refractivity contribution in [1.82, 2.24) is 0 Å². The molecule has 2 atom stereocenters. The molecular formula is C20H25FN4O2. The summed E-state index contributed by atoms with van der Waals surface area (Å²) in [5, 5.41) is 10.8. The number of carbonyl (C=O) groups is 1. The van der Waals surface area contributed by atoms with Gasteiger partial charge in [0, 0.05) is 44.5 Å². The number of hydrogen-bond donors (Lipinski definition) is 1. The molecule has 1 saturated heterocycles. The molecule has 6 nitrogen and oxygen atoms in total. The molecule has 1 aromatic rings. The van der Waals surface area contributed by atoms with Crippen LogP contribution in [0.2, 0.25) is 0 Å². The second-order valence-electron chi connectivity index (χ2n) is 7.26. The summed E-state index contributed by atoms with van der Waals surface area (Å²) < 4.78 is 20.3. The van der Waals surface area contributed by atoms with Crippen molar-refractivity contribution in [2.45, 2.75) is 57.4 Å². The van der Waals surface area contributed by atoms with Crippen LogP contribution in [-0.4, -0.2) is 36.9 Å². The van der Waals surface area contributed by atoms with E-state index in [0.717, 1.165) is 0 Å². The minimum Gasteiger partial charge on any atom is -0.372 e. The average molecular weight is 372 g/mol. The fourth-order valence-electron chi connectivity index (χ4n) is 3.42. The lowest BCUT2D eigenvalue weighted by Gasteiger charge is -2.37. The van der Waals surface area contributed by atoms with Crippen LogP contribution < -0.4 is 10.2 Å². The number of carbonyl (C=O) groups excluding carboxylic acids is 1. The zero-order valence-electron chi connectivity index (χ0n) is 15.7. The number of nitrogens with zero attached hydrogens (tertiary/aromatic N) is 3. The Kier molecular flexibility index (Phi) is 5.76. The second-order valence-corrected chi connectivity index (χ2v) is 7.26. The van der Waals surface area contributed by atoms with Crippen molar-refractivity contribution in [2.75, 3.05) is 23.3 Å². The number of anilines is 2. The van der Waals surface area contributed by atoms with Crippen molar-refractivity contribution in [3.63, 3.8) is 0 Å². The van der Waals surface area contributed by atoms with Gasteiger partial charge in [-0.3, -0.25) is 4.79 Å². The van der Waals surface area contributed by atoms with E-state index in [1.165, 1.54) is 6.07 Å². The molecule has 0 bridgehead atoms. The molecule has 1 N–H and O–H groups in total. The van der Waals surface area contributed by atoms with E-state index in [9.17, 15) is 9.18 Å². The Hall–Kier alpha value is -2.46. The first kappa shape index (κ1) is 19.3. The van der Waals surface area contributed by atoms with Gasteiger partial charge in [0.05, 0.1) is 17.9 Å². The number of hydrogen-bond acceptors (Lipinski definition) is 5. The van der Waals surface area contributed by atoms with Gasteiger partial charge in [-0.25, -0.2) is 4.39 Å². The summed E-state index contributed by atoms with van der Waals surface area (Å²) >= 11 is 0. The number of morpholine rings is 1. The van der Waals surface area contributed by atoms with E-state index >= 15 is 0 Å². The van der Waals surface area contributed by atoms with E-state index in [2.05, 4.69) is 21.5 Å². The van der Waals surface area contributed by atoms with Gasteiger partial charge in [-0.15, -0.1) is 12.3 Å². The summed E-state index contributed by atoms with van der Waals surface area (Å²) in [4.78, 5) is 14.1. The lowest BCUT2D eigenvalue weighted by molar-refractivity contribution is -0.116. The molecule has 0 radical (unpaired) electrons. The average Bonchev–Trinajstić information content (AvgIpc) is 3.38. The first-order valence-electron chi connectivity index (χ1n) is 9.28. The van der Waals surface area contributed by atoms with Gasteiger partial charge in [-0.05, 0) is 32.0 Å². The van der Waals surface area contributed by atoms with Crippen molar-refractivity contribution in [2.24, 2.45) is 10.2 Å². The third-order valence-corrected chi connectivity index (χ3v) is 4.80. The molecule has 0 saturated carbocycles. The van der Waals surface area contributed by atoms with Crippen LogP contribution in [0.3, 0.4) is 0 Å². The molecule has 3 rings (SSSR count). The zero-order chi connectivity index (χ0) is 19.4. The highest BCUT2D eigenvalue weighted by molar-refractivity contribution is 5.91. The maximum Gasteiger partial charge on any atom is 0.224 e. The van der Waals surface area contributed by atoms with Gasteiger partial charge in [0.2, 0.25) is 5.91 Å². The van der Waals surface area contributed by atoms with Gasteiger partial charge >= 0.3 is 0 Å². The van der Waals surface area contributed by atoms with Gasteiger partial charge in [0.25, 0.3) is 0 Å². The lowest BCUT2D eigenvalue weighted by Crippen LogP contribution is -2.45. The third-order valence-electron chi connectivity index (χ3n) is 4.80. The number of halogens is 1. The summed E-state index contributed by atoms with van der Waals surface area (Å²) in [6, 6.07) is 4.79. The quantitative estimate of drug-likeness (QED) is 0.742. The first-order chi connectivity index (χ1) is 12.9. The van der Waals surface area contributed by atoms with Crippen LogP contribution in [0.1, 0.15) is 39.5 Å². The van der Waals surface area contributed by atoms with Crippen molar-refractivity contribution in [1.29, 1.82) is 0 Å². The van der Waals surface area contributed by atoms with Crippen LogP contribution in [0.15, 0.2) is 28.4 Å². The minimum absolute atomic E-state index is 0.0487. The van der Waals surface area contributed by atoms with Gasteiger partial charge in [-0.2, -0.15) is 10.2 Å². The van der Waals surface area contributed by atoms with Gasteiger partial charge in [0.1, 0.15) is 5.82 Å². The van der Waals surface area contributed by atoms with Gasteiger partial charge in [0.15, 0.2) is 5.66 Å². The predicted octanol–water partition coefficient (Wildman–Crippen LogP) is 3.73. The fourth-order valence-corrected chi connectivity index (χ4v) is 3.42. The number of nitrogens with one attached hydrogen (secondary N) is 1. The maximum atomic E-state index is 14.6. The minimum atomic E-state index is -0.484. The molecule has 2 aliphatic heterocycles. The SMILES string of the molecule is C#CCCC1(CCC(=O)Nc2ccc(N3CC(C)OC(C)C3)c(F)c2)N=N1. The summed E-state index contributed by atoms with van der Waals surface area (Å²) in [6.45, 7) is 5.23. The summed E-state index contributed by atoms with van der Waals surface area (Å²) in [7, 11) is 0. The Bertz CT molecular complexity index is 758. The van der Waals surface area contributed by atoms with Crippen LogP contribution in [0.4, 0.5) is 15.8 Å². The van der Waals surface area contributed by atoms with E-state index < -0.39 is 5.66 Å². The number of benzene rings is 1. The topological polar surface area (TPSA) is 66.3 Å². The fraction of sp³-hybridized carbons (Fsp3) is 0.550. The van der Waals surface area contributed by atoms with E-state index in [1.807, 2.05) is 18.7 Å². The number of amides is 1. The molecule has 7 heteroatoms. The molecule has 1 aromatic carbocycles. The van der Waals surface area contributed by atoms with E-state index in [-0.39, 0.29) is 30.4 Å². The van der Waals surface area contributed by atoms with Gasteiger partial charge in [-0.1, -0.05) is 0 Å². The van der Waals surface area contributed by atoms with Crippen LogP contribution in [0, 0.1) is 18.2 Å². The monoisotopic (exact) mass is 372 g/mol. The lowest BCUT2D eigenvalue weighted by atomic mass is 10.0. The molecule has 2 heterocycles. The normalized spacial score (nSPS) is 23.0. The second kappa shape index (κ2) is 8.05. The first-order valence-corrected chi connectivity index (χ1v) is 9.28.